The summed E-state index contributed by atoms with van der Waals surface area (Å²) in [6, 6.07) is 6.48. The van der Waals surface area contributed by atoms with E-state index in [-0.39, 0.29) is 0 Å². The first-order valence-electron chi connectivity index (χ1n) is 9.87. The summed E-state index contributed by atoms with van der Waals surface area (Å²) in [4.78, 5) is 10.8. The Bertz CT molecular complexity index is 661. The molecule has 0 unspecified atom stereocenters. The van der Waals surface area contributed by atoms with Crippen LogP contribution < -0.4 is 0 Å². The minimum Gasteiger partial charge on any atom is -0.373 e. The van der Waals surface area contributed by atoms with Gasteiger partial charge in [-0.1, -0.05) is 6.07 Å². The van der Waals surface area contributed by atoms with Crippen LogP contribution in [0.25, 0.3) is 0 Å². The molecule has 0 saturated carbocycles. The third kappa shape index (κ3) is 5.13. The number of ether oxygens (including phenoxy) is 1. The quantitative estimate of drug-likeness (QED) is 0.738. The van der Waals surface area contributed by atoms with Crippen molar-refractivity contribution in [1.82, 2.24) is 14.8 Å². The van der Waals surface area contributed by atoms with Crippen molar-refractivity contribution in [1.29, 1.82) is 0 Å². The summed E-state index contributed by atoms with van der Waals surface area (Å²) < 4.78 is 6.08. The zero-order valence-corrected chi connectivity index (χ0v) is 16.3. The molecule has 0 bridgehead atoms. The van der Waals surface area contributed by atoms with E-state index in [1.54, 1.807) is 0 Å². The van der Waals surface area contributed by atoms with Gasteiger partial charge in [0.25, 0.3) is 0 Å². The van der Waals surface area contributed by atoms with E-state index >= 15 is 0 Å². The lowest BCUT2D eigenvalue weighted by Crippen LogP contribution is -2.36. The lowest BCUT2D eigenvalue weighted by Gasteiger charge is -2.31. The van der Waals surface area contributed by atoms with Crippen molar-refractivity contribution in [3.63, 3.8) is 0 Å². The van der Waals surface area contributed by atoms with Gasteiger partial charge in [-0.2, -0.15) is 0 Å². The molecule has 0 aromatic carbocycles. The van der Waals surface area contributed by atoms with Gasteiger partial charge in [-0.15, -0.1) is 11.3 Å². The first kappa shape index (κ1) is 18.1. The molecule has 4 heterocycles. The lowest BCUT2D eigenvalue weighted by molar-refractivity contribution is -0.00386. The Labute approximate surface area is 160 Å². The number of rotatable bonds is 7. The number of piperidine rings is 1. The van der Waals surface area contributed by atoms with Gasteiger partial charge in [0, 0.05) is 43.4 Å². The van der Waals surface area contributed by atoms with Crippen LogP contribution in [0.4, 0.5) is 0 Å². The Balaban J connectivity index is 1.18. The molecule has 0 radical (unpaired) electrons. The lowest BCUT2D eigenvalue weighted by atomic mass is 10.1. The number of aromatic nitrogens is 1. The third-order valence-electron chi connectivity index (χ3n) is 5.44. The summed E-state index contributed by atoms with van der Waals surface area (Å²) in [5.41, 5.74) is 2.67. The van der Waals surface area contributed by atoms with Gasteiger partial charge in [0.2, 0.25) is 0 Å². The number of likely N-dealkylation sites (tertiary alicyclic amines) is 2. The Hall–Kier alpha value is -1.27. The van der Waals surface area contributed by atoms with Crippen molar-refractivity contribution in [3.8, 4) is 0 Å². The van der Waals surface area contributed by atoms with Crippen LogP contribution in [0.1, 0.15) is 41.7 Å². The molecular formula is C21H29N3OS. The molecule has 0 N–H and O–H groups in total. The van der Waals surface area contributed by atoms with Crippen molar-refractivity contribution in [2.45, 2.75) is 51.5 Å². The van der Waals surface area contributed by atoms with Crippen LogP contribution in [0.15, 0.2) is 36.0 Å². The highest BCUT2D eigenvalue weighted by Crippen LogP contribution is 2.23. The molecular weight excluding hydrogens is 342 g/mol. The fourth-order valence-electron chi connectivity index (χ4n) is 3.94. The summed E-state index contributed by atoms with van der Waals surface area (Å²) >= 11 is 1.93. The molecule has 140 valence electrons. The van der Waals surface area contributed by atoms with E-state index < -0.39 is 0 Å². The molecule has 26 heavy (non-hydrogen) atoms. The maximum absolute atomic E-state index is 6.08. The van der Waals surface area contributed by atoms with Gasteiger partial charge in [-0.3, -0.25) is 14.8 Å². The average Bonchev–Trinajstić information content (AvgIpc) is 3.35. The Kier molecular flexibility index (Phi) is 6.33. The second kappa shape index (κ2) is 9.09. The normalized spacial score (nSPS) is 20.0. The van der Waals surface area contributed by atoms with E-state index in [0.717, 1.165) is 39.0 Å². The minimum absolute atomic E-state index is 0.389. The largest absolute Gasteiger partial charge is 0.373 e. The van der Waals surface area contributed by atoms with Gasteiger partial charge < -0.3 is 4.74 Å². The summed E-state index contributed by atoms with van der Waals surface area (Å²) in [6.07, 6.45) is 9.09. The molecule has 2 aliphatic heterocycles. The van der Waals surface area contributed by atoms with Crippen molar-refractivity contribution in [3.05, 3.63) is 52.0 Å². The summed E-state index contributed by atoms with van der Waals surface area (Å²) in [6.45, 7) is 7.74. The molecule has 0 atom stereocenters. The first-order chi connectivity index (χ1) is 12.8. The van der Waals surface area contributed by atoms with Crippen LogP contribution >= 0.6 is 11.3 Å². The fourth-order valence-corrected chi connectivity index (χ4v) is 4.86. The summed E-state index contributed by atoms with van der Waals surface area (Å²) in [7, 11) is 0. The fraction of sp³-hybridized carbons (Fsp3) is 0.571. The molecule has 2 aromatic heterocycles. The van der Waals surface area contributed by atoms with E-state index in [9.17, 15) is 0 Å². The highest BCUT2D eigenvalue weighted by Gasteiger charge is 2.20. The number of hydrogen-bond donors (Lipinski definition) is 0. The van der Waals surface area contributed by atoms with Gasteiger partial charge >= 0.3 is 0 Å². The molecule has 2 saturated heterocycles. The van der Waals surface area contributed by atoms with Crippen LogP contribution in [0.3, 0.4) is 0 Å². The monoisotopic (exact) mass is 371 g/mol. The van der Waals surface area contributed by atoms with E-state index in [1.807, 2.05) is 29.8 Å². The molecule has 2 aliphatic rings. The molecule has 0 spiro atoms. The van der Waals surface area contributed by atoms with E-state index in [4.69, 9.17) is 4.74 Å². The van der Waals surface area contributed by atoms with Crippen molar-refractivity contribution in [2.75, 3.05) is 26.2 Å². The molecule has 4 nitrogen and oxygen atoms in total. The maximum Gasteiger partial charge on any atom is 0.0735 e. The SMILES string of the molecule is c1cncc(COC2CCN(Cc3cc(CN4CCCC4)cs3)CC2)c1. The second-order valence-corrected chi connectivity index (χ2v) is 8.55. The topological polar surface area (TPSA) is 28.6 Å². The smallest absolute Gasteiger partial charge is 0.0735 e. The number of hydrogen-bond acceptors (Lipinski definition) is 5. The van der Waals surface area contributed by atoms with Crippen LogP contribution in [0, 0.1) is 0 Å². The van der Waals surface area contributed by atoms with Crippen LogP contribution in [-0.2, 0) is 24.4 Å². The van der Waals surface area contributed by atoms with Crippen molar-refractivity contribution in [2.24, 2.45) is 0 Å². The van der Waals surface area contributed by atoms with Crippen molar-refractivity contribution >= 4 is 11.3 Å². The van der Waals surface area contributed by atoms with Crippen molar-refractivity contribution < 1.29 is 4.74 Å². The van der Waals surface area contributed by atoms with E-state index in [1.165, 1.54) is 41.9 Å². The van der Waals surface area contributed by atoms with Gasteiger partial charge in [0.15, 0.2) is 0 Å². The number of nitrogens with zero attached hydrogens (tertiary/aromatic N) is 3. The molecule has 0 amide bonds. The maximum atomic E-state index is 6.08. The minimum atomic E-state index is 0.389. The third-order valence-corrected chi connectivity index (χ3v) is 6.41. The van der Waals surface area contributed by atoms with Crippen LogP contribution in [0.5, 0.6) is 0 Å². The number of thiophene rings is 1. The Morgan fingerprint density at radius 3 is 2.62 bits per heavy atom. The second-order valence-electron chi connectivity index (χ2n) is 7.55. The van der Waals surface area contributed by atoms with Gasteiger partial charge in [0.05, 0.1) is 12.7 Å². The predicted octanol–water partition coefficient (Wildman–Crippen LogP) is 3.92. The molecule has 4 rings (SSSR count). The molecule has 2 aromatic rings. The van der Waals surface area contributed by atoms with E-state index in [0.29, 0.717) is 12.7 Å². The molecule has 0 aliphatic carbocycles. The van der Waals surface area contributed by atoms with Gasteiger partial charge in [-0.25, -0.2) is 0 Å². The van der Waals surface area contributed by atoms with Gasteiger partial charge in [0.1, 0.15) is 0 Å². The number of pyridine rings is 1. The summed E-state index contributed by atoms with van der Waals surface area (Å²) in [5.74, 6) is 0. The average molecular weight is 372 g/mol. The van der Waals surface area contributed by atoms with E-state index in [2.05, 4.69) is 32.3 Å². The Morgan fingerprint density at radius 2 is 1.85 bits per heavy atom. The predicted molar refractivity (Wildman–Crippen MR) is 106 cm³/mol. The van der Waals surface area contributed by atoms with Gasteiger partial charge in [-0.05, 0) is 67.4 Å². The van der Waals surface area contributed by atoms with Crippen LogP contribution in [0.2, 0.25) is 0 Å². The Morgan fingerprint density at radius 1 is 1.04 bits per heavy atom. The molecule has 5 heteroatoms. The zero-order valence-electron chi connectivity index (χ0n) is 15.5. The zero-order chi connectivity index (χ0) is 17.6. The van der Waals surface area contributed by atoms with Crippen LogP contribution in [-0.4, -0.2) is 47.1 Å². The highest BCUT2D eigenvalue weighted by molar-refractivity contribution is 7.10. The molecule has 2 fully saturated rings. The standard InChI is InChI=1S/C21H29N3OS/c1-2-9-23(8-1)14-19-12-21(26-17-19)15-24-10-5-20(6-11-24)25-16-18-4-3-7-22-13-18/h3-4,7,12-13,17,20H,1-2,5-6,8-11,14-16H2. The highest BCUT2D eigenvalue weighted by atomic mass is 32.1. The summed E-state index contributed by atoms with van der Waals surface area (Å²) in [5, 5.41) is 2.36. The first-order valence-corrected chi connectivity index (χ1v) is 10.7.